The van der Waals surface area contributed by atoms with Crippen LogP contribution in [0, 0.1) is 5.41 Å². The van der Waals surface area contributed by atoms with Gasteiger partial charge in [-0.25, -0.2) is 0 Å². The van der Waals surface area contributed by atoms with Gasteiger partial charge in [0, 0.05) is 5.54 Å². The van der Waals surface area contributed by atoms with Crippen molar-refractivity contribution in [3.05, 3.63) is 0 Å². The van der Waals surface area contributed by atoms with E-state index in [4.69, 9.17) is 5.73 Å². The highest BCUT2D eigenvalue weighted by molar-refractivity contribution is 5.70. The van der Waals surface area contributed by atoms with Crippen LogP contribution < -0.4 is 5.73 Å². The second-order valence-corrected chi connectivity index (χ2v) is 4.36. The molecule has 0 bridgehead atoms. The fraction of sp³-hybridized carbons (Fsp3) is 0.889. The molecule has 0 aliphatic rings. The Morgan fingerprint density at radius 3 is 2.00 bits per heavy atom. The van der Waals surface area contributed by atoms with Crippen LogP contribution >= 0.6 is 0 Å². The van der Waals surface area contributed by atoms with Crippen molar-refractivity contribution in [1.29, 1.82) is 0 Å². The summed E-state index contributed by atoms with van der Waals surface area (Å²) in [6.45, 7) is 7.75. The van der Waals surface area contributed by atoms with Gasteiger partial charge < -0.3 is 10.5 Å². The standard InChI is InChI=1S/C9H19NO2/c1-8(2,9(3,4)10)6-7(11)12-5/h6,10H2,1-5H3. The van der Waals surface area contributed by atoms with Gasteiger partial charge in [-0.2, -0.15) is 0 Å². The van der Waals surface area contributed by atoms with Gasteiger partial charge in [-0.1, -0.05) is 13.8 Å². The van der Waals surface area contributed by atoms with E-state index in [1.807, 2.05) is 27.7 Å². The first-order valence-corrected chi connectivity index (χ1v) is 4.06. The van der Waals surface area contributed by atoms with E-state index in [9.17, 15) is 4.79 Å². The maximum atomic E-state index is 11.0. The van der Waals surface area contributed by atoms with Gasteiger partial charge in [0.05, 0.1) is 13.5 Å². The molecule has 0 heterocycles. The SMILES string of the molecule is COC(=O)CC(C)(C)C(C)(C)N. The monoisotopic (exact) mass is 173 g/mol. The Morgan fingerprint density at radius 2 is 1.75 bits per heavy atom. The molecule has 0 unspecified atom stereocenters. The van der Waals surface area contributed by atoms with E-state index < -0.39 is 0 Å². The lowest BCUT2D eigenvalue weighted by Crippen LogP contribution is -2.48. The third-order valence-corrected chi connectivity index (χ3v) is 2.56. The van der Waals surface area contributed by atoms with Gasteiger partial charge in [0.25, 0.3) is 0 Å². The molecule has 0 aliphatic carbocycles. The van der Waals surface area contributed by atoms with Crippen molar-refractivity contribution < 1.29 is 9.53 Å². The molecule has 0 aromatic rings. The first kappa shape index (κ1) is 11.4. The van der Waals surface area contributed by atoms with E-state index >= 15 is 0 Å². The molecule has 0 radical (unpaired) electrons. The lowest BCUT2D eigenvalue weighted by Gasteiger charge is -2.37. The van der Waals surface area contributed by atoms with Gasteiger partial charge in [0.1, 0.15) is 0 Å². The molecular formula is C9H19NO2. The van der Waals surface area contributed by atoms with E-state index in [2.05, 4.69) is 4.74 Å². The number of hydrogen-bond donors (Lipinski definition) is 1. The molecular weight excluding hydrogens is 154 g/mol. The average molecular weight is 173 g/mol. The van der Waals surface area contributed by atoms with Crippen LogP contribution in [0.4, 0.5) is 0 Å². The maximum Gasteiger partial charge on any atom is 0.306 e. The van der Waals surface area contributed by atoms with Crippen LogP contribution in [0.15, 0.2) is 0 Å². The molecule has 0 saturated heterocycles. The number of methoxy groups -OCH3 is 1. The van der Waals surface area contributed by atoms with Crippen LogP contribution in [0.2, 0.25) is 0 Å². The minimum Gasteiger partial charge on any atom is -0.469 e. The summed E-state index contributed by atoms with van der Waals surface area (Å²) >= 11 is 0. The number of nitrogens with two attached hydrogens (primary N) is 1. The fourth-order valence-electron chi connectivity index (χ4n) is 0.661. The normalized spacial score (nSPS) is 12.8. The van der Waals surface area contributed by atoms with Gasteiger partial charge in [0.2, 0.25) is 0 Å². The molecule has 0 fully saturated rings. The van der Waals surface area contributed by atoms with Crippen molar-refractivity contribution in [2.24, 2.45) is 11.1 Å². The molecule has 72 valence electrons. The molecule has 0 aromatic carbocycles. The van der Waals surface area contributed by atoms with Gasteiger partial charge in [-0.05, 0) is 19.3 Å². The van der Waals surface area contributed by atoms with Crippen molar-refractivity contribution in [1.82, 2.24) is 0 Å². The van der Waals surface area contributed by atoms with Gasteiger partial charge >= 0.3 is 5.97 Å². The van der Waals surface area contributed by atoms with Crippen molar-refractivity contribution in [3.8, 4) is 0 Å². The van der Waals surface area contributed by atoms with E-state index in [-0.39, 0.29) is 16.9 Å². The molecule has 3 nitrogen and oxygen atoms in total. The van der Waals surface area contributed by atoms with Crippen LogP contribution in [-0.4, -0.2) is 18.6 Å². The molecule has 0 saturated carbocycles. The lowest BCUT2D eigenvalue weighted by atomic mass is 9.73. The van der Waals surface area contributed by atoms with Crippen molar-refractivity contribution in [3.63, 3.8) is 0 Å². The second-order valence-electron chi connectivity index (χ2n) is 4.36. The van der Waals surface area contributed by atoms with E-state index in [0.717, 1.165) is 0 Å². The zero-order chi connectivity index (χ0) is 9.99. The summed E-state index contributed by atoms with van der Waals surface area (Å²) in [7, 11) is 1.39. The molecule has 2 N–H and O–H groups in total. The van der Waals surface area contributed by atoms with Crippen LogP contribution in [0.25, 0.3) is 0 Å². The van der Waals surface area contributed by atoms with Gasteiger partial charge in [-0.3, -0.25) is 4.79 Å². The Balaban J connectivity index is 4.33. The van der Waals surface area contributed by atoms with Crippen LogP contribution in [0.5, 0.6) is 0 Å². The van der Waals surface area contributed by atoms with E-state index in [1.165, 1.54) is 7.11 Å². The zero-order valence-corrected chi connectivity index (χ0v) is 8.60. The molecule has 0 spiro atoms. The number of esters is 1. The number of carbonyl (C=O) groups is 1. The molecule has 12 heavy (non-hydrogen) atoms. The summed E-state index contributed by atoms with van der Waals surface area (Å²) in [6, 6.07) is 0. The third kappa shape index (κ3) is 2.81. The van der Waals surface area contributed by atoms with Crippen molar-refractivity contribution >= 4 is 5.97 Å². The molecule has 0 atom stereocenters. The van der Waals surface area contributed by atoms with Crippen LogP contribution in [-0.2, 0) is 9.53 Å². The zero-order valence-electron chi connectivity index (χ0n) is 8.60. The summed E-state index contributed by atoms with van der Waals surface area (Å²) in [6.07, 6.45) is 0.354. The molecule has 0 rings (SSSR count). The van der Waals surface area contributed by atoms with Crippen LogP contribution in [0.3, 0.4) is 0 Å². The number of rotatable bonds is 3. The number of hydrogen-bond acceptors (Lipinski definition) is 3. The highest BCUT2D eigenvalue weighted by atomic mass is 16.5. The summed E-state index contributed by atoms with van der Waals surface area (Å²) in [5, 5.41) is 0. The van der Waals surface area contributed by atoms with Crippen LogP contribution in [0.1, 0.15) is 34.1 Å². The molecule has 3 heteroatoms. The van der Waals surface area contributed by atoms with E-state index in [0.29, 0.717) is 6.42 Å². The summed E-state index contributed by atoms with van der Waals surface area (Å²) < 4.78 is 4.59. The Hall–Kier alpha value is -0.570. The molecule has 0 aromatic heterocycles. The Bertz CT molecular complexity index is 168. The second kappa shape index (κ2) is 3.44. The maximum absolute atomic E-state index is 11.0. The first-order chi connectivity index (χ1) is 5.20. The fourth-order valence-corrected chi connectivity index (χ4v) is 0.661. The number of ether oxygens (including phenoxy) is 1. The largest absolute Gasteiger partial charge is 0.469 e. The first-order valence-electron chi connectivity index (χ1n) is 4.06. The van der Waals surface area contributed by atoms with E-state index in [1.54, 1.807) is 0 Å². The van der Waals surface area contributed by atoms with Crippen molar-refractivity contribution in [2.75, 3.05) is 7.11 Å². The highest BCUT2D eigenvalue weighted by Crippen LogP contribution is 2.32. The Kier molecular flexibility index (Phi) is 3.27. The topological polar surface area (TPSA) is 52.3 Å². The predicted octanol–water partition coefficient (Wildman–Crippen LogP) is 1.31. The highest BCUT2D eigenvalue weighted by Gasteiger charge is 2.35. The lowest BCUT2D eigenvalue weighted by molar-refractivity contribution is -0.143. The number of carbonyl (C=O) groups excluding carboxylic acids is 1. The van der Waals surface area contributed by atoms with Crippen molar-refractivity contribution in [2.45, 2.75) is 39.7 Å². The quantitative estimate of drug-likeness (QED) is 0.655. The molecule has 0 aliphatic heterocycles. The summed E-state index contributed by atoms with van der Waals surface area (Å²) in [5.41, 5.74) is 5.30. The predicted molar refractivity (Wildman–Crippen MR) is 48.7 cm³/mol. The smallest absolute Gasteiger partial charge is 0.306 e. The average Bonchev–Trinajstić information content (AvgIpc) is 1.84. The summed E-state index contributed by atoms with van der Waals surface area (Å²) in [5.74, 6) is -0.210. The van der Waals surface area contributed by atoms with Gasteiger partial charge in [0.15, 0.2) is 0 Å². The molecule has 0 amide bonds. The van der Waals surface area contributed by atoms with Gasteiger partial charge in [-0.15, -0.1) is 0 Å². The minimum absolute atomic E-state index is 0.210. The Morgan fingerprint density at radius 1 is 1.33 bits per heavy atom. The minimum atomic E-state index is -0.374. The Labute approximate surface area is 74.3 Å². The summed E-state index contributed by atoms with van der Waals surface area (Å²) in [4.78, 5) is 11.0. The third-order valence-electron chi connectivity index (χ3n) is 2.56.